The smallest absolute Gasteiger partial charge is 0.330 e. The molecule has 0 saturated heterocycles. The van der Waals surface area contributed by atoms with Gasteiger partial charge in [0.2, 0.25) is 11.8 Å². The molecule has 6 nitrogen and oxygen atoms in total. The minimum atomic E-state index is -0.486. The van der Waals surface area contributed by atoms with Gasteiger partial charge in [-0.25, -0.2) is 4.79 Å². The molecular formula is C19H21ClN2O4. The van der Waals surface area contributed by atoms with Crippen LogP contribution in [-0.4, -0.2) is 30.9 Å². The van der Waals surface area contributed by atoms with E-state index in [1.54, 1.807) is 30.4 Å². The summed E-state index contributed by atoms with van der Waals surface area (Å²) in [7, 11) is 0. The van der Waals surface area contributed by atoms with E-state index in [0.29, 0.717) is 18.0 Å². The summed E-state index contributed by atoms with van der Waals surface area (Å²) in [5, 5.41) is 6.13. The Morgan fingerprint density at radius 3 is 2.77 bits per heavy atom. The highest BCUT2D eigenvalue weighted by atomic mass is 35.5. The zero-order valence-corrected chi connectivity index (χ0v) is 15.0. The summed E-state index contributed by atoms with van der Waals surface area (Å²) < 4.78 is 4.91. The van der Waals surface area contributed by atoms with Crippen molar-refractivity contribution in [2.24, 2.45) is 5.92 Å². The second-order valence-electron chi connectivity index (χ2n) is 5.79. The first-order valence-electron chi connectivity index (χ1n) is 8.33. The van der Waals surface area contributed by atoms with Crippen LogP contribution in [0, 0.1) is 5.92 Å². The fourth-order valence-electron chi connectivity index (χ4n) is 2.36. The average molecular weight is 377 g/mol. The number of rotatable bonds is 4. The molecule has 0 unspecified atom stereocenters. The molecule has 0 aliphatic carbocycles. The Kier molecular flexibility index (Phi) is 7.89. The fourth-order valence-corrected chi connectivity index (χ4v) is 2.48. The summed E-state index contributed by atoms with van der Waals surface area (Å²) in [4.78, 5) is 35.7. The van der Waals surface area contributed by atoms with E-state index in [-0.39, 0.29) is 31.4 Å². The third kappa shape index (κ3) is 7.11. The normalized spacial score (nSPS) is 20.7. The molecule has 1 aromatic rings. The predicted octanol–water partition coefficient (Wildman–Crippen LogP) is 2.14. The van der Waals surface area contributed by atoms with Crippen LogP contribution >= 0.6 is 11.6 Å². The van der Waals surface area contributed by atoms with Crippen LogP contribution in [0.3, 0.4) is 0 Å². The van der Waals surface area contributed by atoms with Crippen molar-refractivity contribution in [3.05, 3.63) is 59.2 Å². The lowest BCUT2D eigenvalue weighted by atomic mass is 9.99. The number of cyclic esters (lactones) is 1. The van der Waals surface area contributed by atoms with Crippen LogP contribution in [0.5, 0.6) is 0 Å². The molecule has 1 atom stereocenters. The number of halogens is 1. The molecule has 0 bridgehead atoms. The largest absolute Gasteiger partial charge is 0.461 e. The zero-order chi connectivity index (χ0) is 18.8. The summed E-state index contributed by atoms with van der Waals surface area (Å²) in [6.07, 6.45) is 6.76. The molecule has 1 aromatic carbocycles. The van der Waals surface area contributed by atoms with Crippen LogP contribution in [0.2, 0.25) is 5.02 Å². The Morgan fingerprint density at radius 1 is 1.23 bits per heavy atom. The molecule has 2 rings (SSSR count). The third-order valence-corrected chi connectivity index (χ3v) is 4.00. The van der Waals surface area contributed by atoms with Crippen molar-refractivity contribution in [1.82, 2.24) is 10.6 Å². The van der Waals surface area contributed by atoms with Gasteiger partial charge in [-0.05, 0) is 24.1 Å². The molecule has 138 valence electrons. The van der Waals surface area contributed by atoms with Gasteiger partial charge in [0, 0.05) is 24.1 Å². The zero-order valence-electron chi connectivity index (χ0n) is 14.2. The van der Waals surface area contributed by atoms with Crippen LogP contribution in [0.15, 0.2) is 48.6 Å². The summed E-state index contributed by atoms with van der Waals surface area (Å²) in [5.74, 6) is -1.39. The molecule has 0 fully saturated rings. The summed E-state index contributed by atoms with van der Waals surface area (Å²) in [6, 6.07) is 7.19. The van der Waals surface area contributed by atoms with Gasteiger partial charge in [-0.1, -0.05) is 42.0 Å². The van der Waals surface area contributed by atoms with Gasteiger partial charge in [0.1, 0.15) is 6.61 Å². The lowest BCUT2D eigenvalue weighted by Gasteiger charge is -2.15. The number of allylic oxidation sites excluding steroid dienone is 3. The highest BCUT2D eigenvalue weighted by Gasteiger charge is 2.20. The van der Waals surface area contributed by atoms with Crippen molar-refractivity contribution in [2.45, 2.75) is 19.4 Å². The molecule has 1 aliphatic rings. The van der Waals surface area contributed by atoms with E-state index in [2.05, 4.69) is 10.6 Å². The Bertz CT molecular complexity index is 698. The third-order valence-electron chi connectivity index (χ3n) is 3.75. The van der Waals surface area contributed by atoms with Gasteiger partial charge in [-0.15, -0.1) is 0 Å². The molecule has 1 aliphatic heterocycles. The summed E-state index contributed by atoms with van der Waals surface area (Å²) in [6.45, 7) is 0.679. The first-order chi connectivity index (χ1) is 12.5. The van der Waals surface area contributed by atoms with Gasteiger partial charge in [-0.3, -0.25) is 9.59 Å². The number of carbonyl (C=O) groups excluding carboxylic acids is 3. The topological polar surface area (TPSA) is 84.5 Å². The van der Waals surface area contributed by atoms with E-state index in [4.69, 9.17) is 16.3 Å². The molecule has 1 heterocycles. The van der Waals surface area contributed by atoms with Gasteiger partial charge >= 0.3 is 5.97 Å². The lowest BCUT2D eigenvalue weighted by Crippen LogP contribution is -2.36. The SMILES string of the molecule is O=C(C[C@@H]1C/C=C/C=C\C(=O)OCCNC1=O)NCc1ccc(Cl)cc1. The first kappa shape index (κ1) is 19.7. The Labute approximate surface area is 157 Å². The minimum absolute atomic E-state index is 0.0767. The van der Waals surface area contributed by atoms with E-state index in [9.17, 15) is 14.4 Å². The quantitative estimate of drug-likeness (QED) is 0.788. The van der Waals surface area contributed by atoms with Crippen molar-refractivity contribution in [3.63, 3.8) is 0 Å². The van der Waals surface area contributed by atoms with Crippen molar-refractivity contribution >= 4 is 29.4 Å². The predicted molar refractivity (Wildman–Crippen MR) is 98.3 cm³/mol. The first-order valence-corrected chi connectivity index (χ1v) is 8.71. The second kappa shape index (κ2) is 10.4. The highest BCUT2D eigenvalue weighted by molar-refractivity contribution is 6.30. The summed E-state index contributed by atoms with van der Waals surface area (Å²) in [5.41, 5.74) is 0.928. The second-order valence-corrected chi connectivity index (χ2v) is 6.22. The van der Waals surface area contributed by atoms with Crippen LogP contribution in [0.25, 0.3) is 0 Å². The number of nitrogens with one attached hydrogen (secondary N) is 2. The molecule has 0 radical (unpaired) electrons. The molecule has 0 saturated carbocycles. The Balaban J connectivity index is 1.90. The number of amides is 2. The van der Waals surface area contributed by atoms with Gasteiger partial charge in [-0.2, -0.15) is 0 Å². The van der Waals surface area contributed by atoms with Gasteiger partial charge in [0.05, 0.1) is 12.5 Å². The monoisotopic (exact) mass is 376 g/mol. The number of hydrogen-bond donors (Lipinski definition) is 2. The molecule has 2 N–H and O–H groups in total. The van der Waals surface area contributed by atoms with Crippen molar-refractivity contribution in [1.29, 1.82) is 0 Å². The molecule has 26 heavy (non-hydrogen) atoms. The van der Waals surface area contributed by atoms with E-state index in [0.717, 1.165) is 5.56 Å². The van der Waals surface area contributed by atoms with Crippen molar-refractivity contribution in [3.8, 4) is 0 Å². The number of carbonyl (C=O) groups is 3. The van der Waals surface area contributed by atoms with Crippen LogP contribution in [0.1, 0.15) is 18.4 Å². The summed E-state index contributed by atoms with van der Waals surface area (Å²) >= 11 is 5.83. The van der Waals surface area contributed by atoms with Gasteiger partial charge in [0.25, 0.3) is 0 Å². The molecule has 7 heteroatoms. The Morgan fingerprint density at radius 2 is 2.00 bits per heavy atom. The molecule has 0 aromatic heterocycles. The maximum Gasteiger partial charge on any atom is 0.330 e. The maximum absolute atomic E-state index is 12.3. The fraction of sp³-hybridized carbons (Fsp3) is 0.316. The van der Waals surface area contributed by atoms with E-state index < -0.39 is 11.9 Å². The minimum Gasteiger partial charge on any atom is -0.461 e. The van der Waals surface area contributed by atoms with Crippen LogP contribution in [0.4, 0.5) is 0 Å². The number of benzene rings is 1. The number of hydrogen-bond acceptors (Lipinski definition) is 4. The van der Waals surface area contributed by atoms with Gasteiger partial charge in [0.15, 0.2) is 0 Å². The maximum atomic E-state index is 12.3. The lowest BCUT2D eigenvalue weighted by molar-refractivity contribution is -0.138. The highest BCUT2D eigenvalue weighted by Crippen LogP contribution is 2.12. The van der Waals surface area contributed by atoms with E-state index in [1.165, 1.54) is 6.08 Å². The van der Waals surface area contributed by atoms with Crippen molar-refractivity contribution < 1.29 is 19.1 Å². The molecular weight excluding hydrogens is 356 g/mol. The van der Waals surface area contributed by atoms with Gasteiger partial charge < -0.3 is 15.4 Å². The van der Waals surface area contributed by atoms with Crippen molar-refractivity contribution in [2.75, 3.05) is 13.2 Å². The van der Waals surface area contributed by atoms with Crippen LogP contribution < -0.4 is 10.6 Å². The molecule has 2 amide bonds. The van der Waals surface area contributed by atoms with E-state index in [1.807, 2.05) is 12.1 Å². The average Bonchev–Trinajstić information content (AvgIpc) is 2.62. The Hall–Kier alpha value is -2.60. The standard InChI is InChI=1S/C19H21ClN2O4/c20-16-8-6-14(7-9-16)13-22-17(23)12-15-4-2-1-3-5-18(24)26-11-10-21-19(15)25/h1-3,5-9,15H,4,10-13H2,(H,21,25)(H,22,23)/b2-1+,5-3-/t15-/m0/s1. The number of esters is 1. The van der Waals surface area contributed by atoms with E-state index >= 15 is 0 Å². The molecule has 0 spiro atoms. The van der Waals surface area contributed by atoms with Crippen LogP contribution in [-0.2, 0) is 25.7 Å². The number of ether oxygens (including phenoxy) is 1.